The van der Waals surface area contributed by atoms with E-state index >= 15 is 0 Å². The Hall–Kier alpha value is -1.71. The Labute approximate surface area is 127 Å². The molecule has 2 aromatic carbocycles. The van der Waals surface area contributed by atoms with E-state index in [2.05, 4.69) is 5.32 Å². The van der Waals surface area contributed by atoms with Crippen molar-refractivity contribution in [1.82, 2.24) is 5.32 Å². The smallest absolute Gasteiger partial charge is 0.252 e. The molecule has 3 nitrogen and oxygen atoms in total. The largest absolute Gasteiger partial charge is 0.492 e. The van der Waals surface area contributed by atoms with Crippen LogP contribution < -0.4 is 10.1 Å². The summed E-state index contributed by atoms with van der Waals surface area (Å²) >= 11 is 11.8. The van der Waals surface area contributed by atoms with E-state index in [0.29, 0.717) is 23.7 Å². The minimum atomic E-state index is -0.269. The third kappa shape index (κ3) is 3.89. The van der Waals surface area contributed by atoms with Gasteiger partial charge < -0.3 is 10.1 Å². The van der Waals surface area contributed by atoms with E-state index < -0.39 is 0 Å². The average molecular weight is 310 g/mol. The van der Waals surface area contributed by atoms with Crippen molar-refractivity contribution >= 4 is 29.1 Å². The summed E-state index contributed by atoms with van der Waals surface area (Å²) in [5.41, 5.74) is 0.360. The zero-order chi connectivity index (χ0) is 14.4. The Morgan fingerprint density at radius 2 is 1.80 bits per heavy atom. The second kappa shape index (κ2) is 7.17. The predicted octanol–water partition coefficient (Wildman–Crippen LogP) is 3.80. The molecule has 0 aliphatic carbocycles. The van der Waals surface area contributed by atoms with E-state index in [1.165, 1.54) is 0 Å². The zero-order valence-electron chi connectivity index (χ0n) is 10.6. The third-order valence-electron chi connectivity index (χ3n) is 2.60. The van der Waals surface area contributed by atoms with Crippen molar-refractivity contribution in [2.75, 3.05) is 13.2 Å². The van der Waals surface area contributed by atoms with Crippen molar-refractivity contribution in [2.24, 2.45) is 0 Å². The topological polar surface area (TPSA) is 38.3 Å². The summed E-state index contributed by atoms with van der Waals surface area (Å²) < 4.78 is 5.47. The molecule has 0 unspecified atom stereocenters. The van der Waals surface area contributed by atoms with Gasteiger partial charge in [-0.2, -0.15) is 0 Å². The van der Waals surface area contributed by atoms with Crippen LogP contribution in [0.4, 0.5) is 0 Å². The Morgan fingerprint density at radius 3 is 2.55 bits per heavy atom. The van der Waals surface area contributed by atoms with Crippen LogP contribution in [-0.2, 0) is 0 Å². The van der Waals surface area contributed by atoms with Gasteiger partial charge in [-0.15, -0.1) is 0 Å². The monoisotopic (exact) mass is 309 g/mol. The molecule has 2 rings (SSSR count). The van der Waals surface area contributed by atoms with Gasteiger partial charge in [0.2, 0.25) is 0 Å². The summed E-state index contributed by atoms with van der Waals surface area (Å²) in [7, 11) is 0. The van der Waals surface area contributed by atoms with Crippen LogP contribution in [-0.4, -0.2) is 19.1 Å². The fourth-order valence-corrected chi connectivity index (χ4v) is 2.01. The number of nitrogens with one attached hydrogen (secondary N) is 1. The lowest BCUT2D eigenvalue weighted by molar-refractivity contribution is 0.0947. The Bertz CT molecular complexity index is 588. The van der Waals surface area contributed by atoms with Crippen LogP contribution in [0, 0.1) is 0 Å². The highest BCUT2D eigenvalue weighted by Crippen LogP contribution is 2.25. The molecule has 0 atom stereocenters. The number of hydrogen-bond acceptors (Lipinski definition) is 2. The molecule has 0 aliphatic heterocycles. The first-order valence-corrected chi connectivity index (χ1v) is 6.84. The standard InChI is InChI=1S/C15H13Cl2NO2/c16-13-8-4-7-12(14(13)17)15(19)18-9-10-20-11-5-2-1-3-6-11/h1-8H,9-10H2,(H,18,19). The quantitative estimate of drug-likeness (QED) is 0.853. The summed E-state index contributed by atoms with van der Waals surface area (Å²) in [6.45, 7) is 0.768. The van der Waals surface area contributed by atoms with Gasteiger partial charge in [-0.3, -0.25) is 4.79 Å². The highest BCUT2D eigenvalue weighted by molar-refractivity contribution is 6.43. The van der Waals surface area contributed by atoms with Crippen LogP contribution in [0.2, 0.25) is 10.0 Å². The molecular formula is C15H13Cl2NO2. The van der Waals surface area contributed by atoms with Crippen molar-refractivity contribution in [3.05, 3.63) is 64.1 Å². The van der Waals surface area contributed by atoms with Gasteiger partial charge in [0.1, 0.15) is 12.4 Å². The number of amides is 1. The molecule has 1 amide bonds. The first-order valence-electron chi connectivity index (χ1n) is 6.08. The number of ether oxygens (including phenoxy) is 1. The summed E-state index contributed by atoms with van der Waals surface area (Å²) in [4.78, 5) is 11.9. The summed E-state index contributed by atoms with van der Waals surface area (Å²) in [5.74, 6) is 0.497. The molecule has 0 saturated carbocycles. The second-order valence-corrected chi connectivity index (χ2v) is 4.80. The molecule has 0 fully saturated rings. The van der Waals surface area contributed by atoms with Crippen LogP contribution in [0.5, 0.6) is 5.75 Å². The van der Waals surface area contributed by atoms with Crippen molar-refractivity contribution < 1.29 is 9.53 Å². The highest BCUT2D eigenvalue weighted by atomic mass is 35.5. The number of para-hydroxylation sites is 1. The molecule has 0 aliphatic rings. The third-order valence-corrected chi connectivity index (χ3v) is 3.41. The van der Waals surface area contributed by atoms with Gasteiger partial charge in [-0.05, 0) is 24.3 Å². The average Bonchev–Trinajstić information content (AvgIpc) is 2.47. The lowest BCUT2D eigenvalue weighted by atomic mass is 10.2. The molecule has 2 aromatic rings. The van der Waals surface area contributed by atoms with Crippen LogP contribution in [0.3, 0.4) is 0 Å². The lowest BCUT2D eigenvalue weighted by Crippen LogP contribution is -2.28. The maximum absolute atomic E-state index is 11.9. The van der Waals surface area contributed by atoms with Gasteiger partial charge in [0.05, 0.1) is 22.2 Å². The number of carbonyl (C=O) groups is 1. The molecule has 104 valence electrons. The summed E-state index contributed by atoms with van der Waals surface area (Å²) in [6, 6.07) is 14.4. The SMILES string of the molecule is O=C(NCCOc1ccccc1)c1cccc(Cl)c1Cl. The van der Waals surface area contributed by atoms with Crippen LogP contribution in [0.15, 0.2) is 48.5 Å². The zero-order valence-corrected chi connectivity index (χ0v) is 12.1. The molecule has 0 bridgehead atoms. The molecule has 1 N–H and O–H groups in total. The first kappa shape index (κ1) is 14.7. The van der Waals surface area contributed by atoms with Gasteiger partial charge in [-0.25, -0.2) is 0 Å². The maximum atomic E-state index is 11.9. The van der Waals surface area contributed by atoms with Crippen LogP contribution in [0.1, 0.15) is 10.4 Å². The van der Waals surface area contributed by atoms with Gasteiger partial charge in [0, 0.05) is 0 Å². The van der Waals surface area contributed by atoms with E-state index in [4.69, 9.17) is 27.9 Å². The molecular weight excluding hydrogens is 297 g/mol. The fraction of sp³-hybridized carbons (Fsp3) is 0.133. The minimum Gasteiger partial charge on any atom is -0.492 e. The van der Waals surface area contributed by atoms with Crippen molar-refractivity contribution in [3.8, 4) is 5.75 Å². The highest BCUT2D eigenvalue weighted by Gasteiger charge is 2.11. The van der Waals surface area contributed by atoms with E-state index in [9.17, 15) is 4.79 Å². The van der Waals surface area contributed by atoms with Gasteiger partial charge in [0.25, 0.3) is 5.91 Å². The maximum Gasteiger partial charge on any atom is 0.252 e. The lowest BCUT2D eigenvalue weighted by Gasteiger charge is -2.09. The number of benzene rings is 2. The molecule has 0 aromatic heterocycles. The number of halogens is 2. The Morgan fingerprint density at radius 1 is 1.05 bits per heavy atom. The minimum absolute atomic E-state index is 0.260. The van der Waals surface area contributed by atoms with E-state index in [1.807, 2.05) is 30.3 Å². The fourth-order valence-electron chi connectivity index (χ4n) is 1.62. The van der Waals surface area contributed by atoms with Crippen LogP contribution >= 0.6 is 23.2 Å². The van der Waals surface area contributed by atoms with E-state index in [0.717, 1.165) is 5.75 Å². The molecule has 0 heterocycles. The summed E-state index contributed by atoms with van der Waals surface area (Å²) in [6.07, 6.45) is 0. The Kier molecular flexibility index (Phi) is 5.27. The number of rotatable bonds is 5. The summed E-state index contributed by atoms with van der Waals surface area (Å²) in [5, 5.41) is 3.35. The van der Waals surface area contributed by atoms with Crippen molar-refractivity contribution in [2.45, 2.75) is 0 Å². The van der Waals surface area contributed by atoms with Gasteiger partial charge in [0.15, 0.2) is 0 Å². The van der Waals surface area contributed by atoms with Gasteiger partial charge >= 0.3 is 0 Å². The number of carbonyl (C=O) groups excluding carboxylic acids is 1. The molecule has 20 heavy (non-hydrogen) atoms. The van der Waals surface area contributed by atoms with Crippen molar-refractivity contribution in [3.63, 3.8) is 0 Å². The second-order valence-electron chi connectivity index (χ2n) is 4.02. The van der Waals surface area contributed by atoms with Crippen molar-refractivity contribution in [1.29, 1.82) is 0 Å². The van der Waals surface area contributed by atoms with E-state index in [-0.39, 0.29) is 10.9 Å². The molecule has 0 spiro atoms. The van der Waals surface area contributed by atoms with E-state index in [1.54, 1.807) is 18.2 Å². The first-order chi connectivity index (χ1) is 9.68. The molecule has 5 heteroatoms. The molecule has 0 saturated heterocycles. The normalized spacial score (nSPS) is 10.1. The van der Waals surface area contributed by atoms with Crippen LogP contribution in [0.25, 0.3) is 0 Å². The molecule has 0 radical (unpaired) electrons. The Balaban J connectivity index is 1.82. The van der Waals surface area contributed by atoms with Gasteiger partial charge in [-0.1, -0.05) is 47.5 Å². The predicted molar refractivity (Wildman–Crippen MR) is 80.7 cm³/mol. The number of hydrogen-bond donors (Lipinski definition) is 1.